The van der Waals surface area contributed by atoms with E-state index in [-0.39, 0.29) is 6.10 Å². The van der Waals surface area contributed by atoms with Gasteiger partial charge < -0.3 is 4.74 Å². The number of thiophene rings is 1. The molecule has 1 heterocycles. The Morgan fingerprint density at radius 1 is 0.952 bits per heavy atom. The fourth-order valence-corrected chi connectivity index (χ4v) is 3.84. The monoisotopic (exact) mass is 292 g/mol. The van der Waals surface area contributed by atoms with Crippen molar-refractivity contribution in [1.29, 1.82) is 0 Å². The smallest absolute Gasteiger partial charge is 0.175 e. The molecule has 0 aliphatic heterocycles. The summed E-state index contributed by atoms with van der Waals surface area (Å²) in [6.45, 7) is 4.39. The lowest BCUT2D eigenvalue weighted by Crippen LogP contribution is -2.24. The van der Waals surface area contributed by atoms with Gasteiger partial charge in [0, 0.05) is 11.1 Å². The van der Waals surface area contributed by atoms with Crippen molar-refractivity contribution in [2.45, 2.75) is 20.0 Å². The second-order valence-electron chi connectivity index (χ2n) is 5.49. The molecule has 2 aliphatic carbocycles. The predicted molar refractivity (Wildman–Crippen MR) is 88.1 cm³/mol. The van der Waals surface area contributed by atoms with E-state index in [0.717, 1.165) is 5.06 Å². The Labute approximate surface area is 128 Å². The molecule has 1 nitrogen and oxygen atoms in total. The molecule has 0 N–H and O–H groups in total. The van der Waals surface area contributed by atoms with E-state index in [1.165, 1.54) is 33.4 Å². The average Bonchev–Trinajstić information content (AvgIpc) is 3.00. The first-order valence-corrected chi connectivity index (χ1v) is 8.03. The third-order valence-corrected chi connectivity index (χ3v) is 4.98. The average molecular weight is 292 g/mol. The zero-order valence-electron chi connectivity index (χ0n) is 12.1. The van der Waals surface area contributed by atoms with Gasteiger partial charge in [-0.2, -0.15) is 0 Å². The van der Waals surface area contributed by atoms with Gasteiger partial charge in [-0.05, 0) is 53.6 Å². The highest BCUT2D eigenvalue weighted by Gasteiger charge is 2.36. The van der Waals surface area contributed by atoms with Crippen LogP contribution in [0.15, 0.2) is 53.9 Å². The van der Waals surface area contributed by atoms with Gasteiger partial charge in [-0.25, -0.2) is 0 Å². The van der Waals surface area contributed by atoms with E-state index in [2.05, 4.69) is 55.6 Å². The van der Waals surface area contributed by atoms with Crippen LogP contribution in [0.25, 0.3) is 11.1 Å². The minimum Gasteiger partial charge on any atom is -0.471 e. The van der Waals surface area contributed by atoms with Crippen LogP contribution in [0.2, 0.25) is 0 Å². The molecule has 0 amide bonds. The Balaban J connectivity index is 1.80. The molecule has 1 aromatic heterocycles. The van der Waals surface area contributed by atoms with Crippen LogP contribution in [-0.2, 0) is 0 Å². The van der Waals surface area contributed by atoms with Gasteiger partial charge in [0.15, 0.2) is 11.2 Å². The molecule has 2 aromatic carbocycles. The standard InChI is InChI=1S/C19H16OS/c1-12-11-15(14-7-4-3-5-8-14)18-13(2)17(12)19(18)20-16-9-6-10-21-16/h3-11,19H,1-2H3. The van der Waals surface area contributed by atoms with E-state index in [1.807, 2.05) is 12.1 Å². The van der Waals surface area contributed by atoms with Gasteiger partial charge in [0.2, 0.25) is 0 Å². The molecule has 104 valence electrons. The molecule has 21 heavy (non-hydrogen) atoms. The van der Waals surface area contributed by atoms with E-state index in [1.54, 1.807) is 11.3 Å². The summed E-state index contributed by atoms with van der Waals surface area (Å²) in [5.41, 5.74) is 7.98. The molecule has 1 unspecified atom stereocenters. The molecule has 5 rings (SSSR count). The van der Waals surface area contributed by atoms with Gasteiger partial charge in [0.25, 0.3) is 0 Å². The van der Waals surface area contributed by atoms with Crippen LogP contribution in [0.1, 0.15) is 28.4 Å². The van der Waals surface area contributed by atoms with Crippen LogP contribution < -0.4 is 4.74 Å². The van der Waals surface area contributed by atoms with E-state index in [4.69, 9.17) is 4.74 Å². The summed E-state index contributed by atoms with van der Waals surface area (Å²) in [5, 5.41) is 3.05. The largest absolute Gasteiger partial charge is 0.471 e. The minimum absolute atomic E-state index is 0.101. The van der Waals surface area contributed by atoms with Crippen LogP contribution in [0.5, 0.6) is 5.06 Å². The zero-order chi connectivity index (χ0) is 14.4. The molecule has 0 spiro atoms. The van der Waals surface area contributed by atoms with Crippen molar-refractivity contribution >= 4 is 11.3 Å². The zero-order valence-corrected chi connectivity index (χ0v) is 12.9. The van der Waals surface area contributed by atoms with Gasteiger partial charge >= 0.3 is 0 Å². The Kier molecular flexibility index (Phi) is 2.86. The lowest BCUT2D eigenvalue weighted by molar-refractivity contribution is 0.237. The maximum atomic E-state index is 6.21. The third kappa shape index (κ3) is 1.90. The maximum Gasteiger partial charge on any atom is 0.175 e. The van der Waals surface area contributed by atoms with Crippen molar-refractivity contribution in [3.8, 4) is 16.2 Å². The molecule has 0 saturated carbocycles. The number of aryl methyl sites for hydroxylation is 2. The van der Waals surface area contributed by atoms with Gasteiger partial charge in [0.1, 0.15) is 0 Å². The molecular formula is C19H16OS. The molecule has 0 saturated heterocycles. The summed E-state index contributed by atoms with van der Waals surface area (Å²) in [5.74, 6) is 0. The van der Waals surface area contributed by atoms with Crippen LogP contribution in [0, 0.1) is 13.8 Å². The first-order chi connectivity index (χ1) is 10.3. The van der Waals surface area contributed by atoms with Crippen molar-refractivity contribution < 1.29 is 4.74 Å². The van der Waals surface area contributed by atoms with Crippen LogP contribution in [-0.4, -0.2) is 0 Å². The molecule has 0 fully saturated rings. The van der Waals surface area contributed by atoms with E-state index >= 15 is 0 Å². The SMILES string of the molecule is Cc1cc(-c2ccccc2)c2c(C)c1C2Oc1cccs1. The molecule has 2 heteroatoms. The van der Waals surface area contributed by atoms with Gasteiger partial charge in [-0.3, -0.25) is 0 Å². The second-order valence-corrected chi connectivity index (χ2v) is 6.40. The summed E-state index contributed by atoms with van der Waals surface area (Å²) >= 11 is 1.65. The van der Waals surface area contributed by atoms with Crippen LogP contribution >= 0.6 is 11.3 Å². The normalized spacial score (nSPS) is 15.6. The molecule has 2 bridgehead atoms. The second kappa shape index (κ2) is 4.74. The van der Waals surface area contributed by atoms with Gasteiger partial charge in [-0.1, -0.05) is 36.4 Å². The Hall–Kier alpha value is -2.06. The topological polar surface area (TPSA) is 9.23 Å². The Morgan fingerprint density at radius 3 is 2.43 bits per heavy atom. The molecule has 1 atom stereocenters. The maximum absolute atomic E-state index is 6.21. The Morgan fingerprint density at radius 2 is 1.76 bits per heavy atom. The minimum atomic E-state index is 0.101. The number of benzene rings is 2. The number of fused-ring (bicyclic) bond motifs is 2. The lowest BCUT2D eigenvalue weighted by atomic mass is 9.74. The fourth-order valence-electron chi connectivity index (χ4n) is 3.24. The van der Waals surface area contributed by atoms with E-state index in [0.29, 0.717) is 0 Å². The first-order valence-electron chi connectivity index (χ1n) is 7.15. The third-order valence-electron chi connectivity index (χ3n) is 4.22. The highest BCUT2D eigenvalue weighted by Crippen LogP contribution is 2.49. The predicted octanol–water partition coefficient (Wildman–Crippen LogP) is 5.51. The molecule has 2 aliphatic rings. The molecule has 0 radical (unpaired) electrons. The van der Waals surface area contributed by atoms with Gasteiger partial charge in [0.05, 0.1) is 0 Å². The summed E-state index contributed by atoms with van der Waals surface area (Å²) in [4.78, 5) is 0. The summed E-state index contributed by atoms with van der Waals surface area (Å²) in [7, 11) is 0. The molecular weight excluding hydrogens is 276 g/mol. The highest BCUT2D eigenvalue weighted by molar-refractivity contribution is 7.11. The number of hydrogen-bond donors (Lipinski definition) is 0. The summed E-state index contributed by atoms with van der Waals surface area (Å²) < 4.78 is 6.21. The van der Waals surface area contributed by atoms with Crippen molar-refractivity contribution in [2.24, 2.45) is 0 Å². The fraction of sp³-hybridized carbons (Fsp3) is 0.158. The number of rotatable bonds is 3. The van der Waals surface area contributed by atoms with Crippen molar-refractivity contribution in [2.75, 3.05) is 0 Å². The number of ether oxygens (including phenoxy) is 1. The van der Waals surface area contributed by atoms with Crippen molar-refractivity contribution in [3.63, 3.8) is 0 Å². The van der Waals surface area contributed by atoms with Gasteiger partial charge in [-0.15, -0.1) is 11.3 Å². The highest BCUT2D eigenvalue weighted by atomic mass is 32.1. The van der Waals surface area contributed by atoms with E-state index < -0.39 is 0 Å². The quantitative estimate of drug-likeness (QED) is 0.618. The van der Waals surface area contributed by atoms with E-state index in [9.17, 15) is 0 Å². The van der Waals surface area contributed by atoms with Crippen molar-refractivity contribution in [1.82, 2.24) is 0 Å². The Bertz CT molecular complexity index is 781. The first kappa shape index (κ1) is 12.7. The summed E-state index contributed by atoms with van der Waals surface area (Å²) in [6, 6.07) is 16.9. The molecule has 3 aromatic rings. The van der Waals surface area contributed by atoms with Crippen molar-refractivity contribution in [3.05, 3.63) is 76.2 Å². The van der Waals surface area contributed by atoms with Crippen LogP contribution in [0.3, 0.4) is 0 Å². The lowest BCUT2D eigenvalue weighted by Gasteiger charge is -2.36. The van der Waals surface area contributed by atoms with Crippen LogP contribution in [0.4, 0.5) is 0 Å². The number of hydrogen-bond acceptors (Lipinski definition) is 2. The summed E-state index contributed by atoms with van der Waals surface area (Å²) in [6.07, 6.45) is 0.101.